The van der Waals surface area contributed by atoms with Crippen LogP contribution in [0.2, 0.25) is 0 Å². The van der Waals surface area contributed by atoms with Gasteiger partial charge in [0.15, 0.2) is 0 Å². The molecule has 1 heterocycles. The standard InChI is InChI=1S/C8H14O/c1-2-3-4-5-6-8-7-9-8/h7-8H,1-6H2. The van der Waals surface area contributed by atoms with Crippen LogP contribution in [0.1, 0.15) is 32.1 Å². The van der Waals surface area contributed by atoms with E-state index in [0.29, 0.717) is 6.10 Å². The van der Waals surface area contributed by atoms with Gasteiger partial charge in [0.2, 0.25) is 0 Å². The molecule has 0 spiro atoms. The Labute approximate surface area is 57.4 Å². The van der Waals surface area contributed by atoms with E-state index in [-0.39, 0.29) is 0 Å². The number of hydrogen-bond acceptors (Lipinski definition) is 1. The van der Waals surface area contributed by atoms with E-state index in [1.165, 1.54) is 25.7 Å². The quantitative estimate of drug-likeness (QED) is 0.407. The first kappa shape index (κ1) is 7.07. The Hall–Kier alpha value is -0.0400. The Balaban J connectivity index is 1.71. The fourth-order valence-electron chi connectivity index (χ4n) is 0.891. The number of hydrogen-bond donors (Lipinski definition) is 0. The normalized spacial score (nSPS) is 24.3. The summed E-state index contributed by atoms with van der Waals surface area (Å²) in [5, 5.41) is 0. The molecule has 52 valence electrons. The summed E-state index contributed by atoms with van der Waals surface area (Å²) in [6, 6.07) is 0. The molecule has 1 aliphatic rings. The van der Waals surface area contributed by atoms with Crippen molar-refractivity contribution >= 4 is 0 Å². The molecule has 0 aromatic rings. The average Bonchev–Trinajstić information content (AvgIpc) is 2.63. The highest BCUT2D eigenvalue weighted by atomic mass is 16.6. The van der Waals surface area contributed by atoms with Crippen LogP contribution < -0.4 is 0 Å². The third-order valence-corrected chi connectivity index (χ3v) is 1.57. The van der Waals surface area contributed by atoms with Crippen LogP contribution in [0.5, 0.6) is 0 Å². The second-order valence-electron chi connectivity index (χ2n) is 2.51. The zero-order valence-corrected chi connectivity index (χ0v) is 5.81. The fraction of sp³-hybridized carbons (Fsp3) is 0.750. The summed E-state index contributed by atoms with van der Waals surface area (Å²) in [7, 11) is 0. The zero-order valence-electron chi connectivity index (χ0n) is 5.81. The monoisotopic (exact) mass is 126 g/mol. The molecule has 2 radical (unpaired) electrons. The molecular weight excluding hydrogens is 112 g/mol. The van der Waals surface area contributed by atoms with Gasteiger partial charge in [-0.3, -0.25) is 0 Å². The lowest BCUT2D eigenvalue weighted by atomic mass is 10.1. The molecule has 1 saturated heterocycles. The van der Waals surface area contributed by atoms with Crippen LogP contribution in [-0.4, -0.2) is 6.10 Å². The summed E-state index contributed by atoms with van der Waals surface area (Å²) in [6.07, 6.45) is 6.70. The molecule has 1 atom stereocenters. The Morgan fingerprint density at radius 2 is 2.11 bits per heavy atom. The van der Waals surface area contributed by atoms with Crippen LogP contribution in [0, 0.1) is 13.5 Å². The van der Waals surface area contributed by atoms with E-state index in [4.69, 9.17) is 4.74 Å². The molecule has 9 heavy (non-hydrogen) atoms. The van der Waals surface area contributed by atoms with E-state index in [9.17, 15) is 0 Å². The van der Waals surface area contributed by atoms with E-state index in [0.717, 1.165) is 6.42 Å². The summed E-state index contributed by atoms with van der Waals surface area (Å²) >= 11 is 0. The lowest BCUT2D eigenvalue weighted by Gasteiger charge is -1.93. The van der Waals surface area contributed by atoms with Crippen molar-refractivity contribution in [2.45, 2.75) is 38.2 Å². The van der Waals surface area contributed by atoms with Crippen molar-refractivity contribution in [1.82, 2.24) is 0 Å². The Morgan fingerprint density at radius 1 is 1.33 bits per heavy atom. The second kappa shape index (κ2) is 3.89. The van der Waals surface area contributed by atoms with Gasteiger partial charge in [-0.25, -0.2) is 0 Å². The maximum absolute atomic E-state index is 4.95. The van der Waals surface area contributed by atoms with Gasteiger partial charge in [0.1, 0.15) is 6.61 Å². The average molecular weight is 126 g/mol. The summed E-state index contributed by atoms with van der Waals surface area (Å²) in [6.45, 7) is 5.69. The van der Waals surface area contributed by atoms with E-state index in [1.807, 2.05) is 6.61 Å². The predicted molar refractivity (Wildman–Crippen MR) is 37.6 cm³/mol. The van der Waals surface area contributed by atoms with Gasteiger partial charge in [-0.05, 0) is 6.42 Å². The van der Waals surface area contributed by atoms with Crippen molar-refractivity contribution in [2.75, 3.05) is 0 Å². The van der Waals surface area contributed by atoms with Gasteiger partial charge in [-0.15, -0.1) is 0 Å². The minimum Gasteiger partial charge on any atom is -0.367 e. The van der Waals surface area contributed by atoms with Crippen LogP contribution in [-0.2, 0) is 4.74 Å². The molecule has 0 saturated carbocycles. The van der Waals surface area contributed by atoms with E-state index in [2.05, 4.69) is 6.92 Å². The molecule has 0 bridgehead atoms. The maximum atomic E-state index is 4.95. The molecule has 1 nitrogen and oxygen atoms in total. The van der Waals surface area contributed by atoms with Crippen molar-refractivity contribution in [3.63, 3.8) is 0 Å². The number of epoxide rings is 1. The van der Waals surface area contributed by atoms with E-state index < -0.39 is 0 Å². The number of unbranched alkanes of at least 4 members (excludes halogenated alkanes) is 3. The predicted octanol–water partition coefficient (Wildman–Crippen LogP) is 2.33. The van der Waals surface area contributed by atoms with E-state index >= 15 is 0 Å². The van der Waals surface area contributed by atoms with Crippen LogP contribution in [0.25, 0.3) is 0 Å². The zero-order chi connectivity index (χ0) is 6.53. The SMILES string of the molecule is [CH2]CCCCCC1[CH]O1. The van der Waals surface area contributed by atoms with Gasteiger partial charge in [0.25, 0.3) is 0 Å². The first-order valence-electron chi connectivity index (χ1n) is 3.71. The van der Waals surface area contributed by atoms with Crippen LogP contribution in [0.15, 0.2) is 0 Å². The Kier molecular flexibility index (Phi) is 3.05. The minimum atomic E-state index is 0.509. The molecule has 1 aliphatic heterocycles. The smallest absolute Gasteiger partial charge is 0.113 e. The molecular formula is C8H14O. The molecule has 1 rings (SSSR count). The van der Waals surface area contributed by atoms with Gasteiger partial charge in [0, 0.05) is 0 Å². The lowest BCUT2D eigenvalue weighted by Crippen LogP contribution is -1.83. The molecule has 0 aliphatic carbocycles. The summed E-state index contributed by atoms with van der Waals surface area (Å²) in [5.41, 5.74) is 0. The molecule has 1 heteroatoms. The van der Waals surface area contributed by atoms with Crippen molar-refractivity contribution in [3.8, 4) is 0 Å². The molecule has 0 N–H and O–H groups in total. The molecule has 1 fully saturated rings. The molecule has 0 aromatic heterocycles. The molecule has 1 unspecified atom stereocenters. The van der Waals surface area contributed by atoms with Gasteiger partial charge in [-0.2, -0.15) is 0 Å². The van der Waals surface area contributed by atoms with Gasteiger partial charge in [0.05, 0.1) is 6.10 Å². The van der Waals surface area contributed by atoms with Gasteiger partial charge < -0.3 is 4.74 Å². The highest BCUT2D eigenvalue weighted by molar-refractivity contribution is 4.81. The summed E-state index contributed by atoms with van der Waals surface area (Å²) in [4.78, 5) is 0. The summed E-state index contributed by atoms with van der Waals surface area (Å²) in [5.74, 6) is 0. The van der Waals surface area contributed by atoms with Crippen molar-refractivity contribution < 1.29 is 4.74 Å². The van der Waals surface area contributed by atoms with Crippen molar-refractivity contribution in [3.05, 3.63) is 13.5 Å². The number of rotatable bonds is 5. The van der Waals surface area contributed by atoms with Crippen LogP contribution in [0.4, 0.5) is 0 Å². The van der Waals surface area contributed by atoms with Gasteiger partial charge in [-0.1, -0.05) is 32.6 Å². The maximum Gasteiger partial charge on any atom is 0.113 e. The third kappa shape index (κ3) is 3.52. The van der Waals surface area contributed by atoms with E-state index in [1.54, 1.807) is 0 Å². The third-order valence-electron chi connectivity index (χ3n) is 1.57. The largest absolute Gasteiger partial charge is 0.367 e. The Bertz CT molecular complexity index is 67.0. The fourth-order valence-corrected chi connectivity index (χ4v) is 0.891. The highest BCUT2D eigenvalue weighted by Gasteiger charge is 2.21. The minimum absolute atomic E-state index is 0.509. The first-order valence-corrected chi connectivity index (χ1v) is 3.71. The van der Waals surface area contributed by atoms with Crippen molar-refractivity contribution in [2.24, 2.45) is 0 Å². The van der Waals surface area contributed by atoms with Crippen molar-refractivity contribution in [1.29, 1.82) is 0 Å². The second-order valence-corrected chi connectivity index (χ2v) is 2.51. The van der Waals surface area contributed by atoms with Crippen LogP contribution in [0.3, 0.4) is 0 Å². The van der Waals surface area contributed by atoms with Crippen LogP contribution >= 0.6 is 0 Å². The Morgan fingerprint density at radius 3 is 2.67 bits per heavy atom. The molecule has 0 aromatic carbocycles. The number of ether oxygens (including phenoxy) is 1. The topological polar surface area (TPSA) is 12.5 Å². The summed E-state index contributed by atoms with van der Waals surface area (Å²) < 4.78 is 4.95. The lowest BCUT2D eigenvalue weighted by molar-refractivity contribution is 0.401. The first-order chi connectivity index (χ1) is 4.43. The molecule has 0 amide bonds. The van der Waals surface area contributed by atoms with Gasteiger partial charge >= 0.3 is 0 Å². The highest BCUT2D eigenvalue weighted by Crippen LogP contribution is 2.22.